The zero-order valence-electron chi connectivity index (χ0n) is 3.14. The number of hydrogen-bond donors (Lipinski definition) is 2. The molecule has 0 saturated carbocycles. The van der Waals surface area contributed by atoms with Crippen LogP contribution in [0.3, 0.4) is 0 Å². The Bertz CT molecular complexity index is 36.5. The van der Waals surface area contributed by atoms with Gasteiger partial charge in [-0.15, -0.1) is 0 Å². The fourth-order valence-corrected chi connectivity index (χ4v) is 0. The molecule has 26 valence electrons. The SMILES string of the molecule is NC(N)=O.[Al+3].[Zr+2]. The van der Waals surface area contributed by atoms with E-state index in [9.17, 15) is 0 Å². The Morgan fingerprint density at radius 2 is 1.33 bits per heavy atom. The molecule has 0 spiro atoms. The van der Waals surface area contributed by atoms with Crippen LogP contribution in [0.15, 0.2) is 0 Å². The van der Waals surface area contributed by atoms with Crippen LogP contribution in [0.1, 0.15) is 0 Å². The summed E-state index contributed by atoms with van der Waals surface area (Å²) < 4.78 is 0. The average molecular weight is 178 g/mol. The normalized spacial score (nSPS) is 4.00. The molecule has 0 aromatic carbocycles. The summed E-state index contributed by atoms with van der Waals surface area (Å²) in [5.41, 5.74) is 8.50. The zero-order valence-corrected chi connectivity index (χ0v) is 6.75. The Morgan fingerprint density at radius 3 is 1.33 bits per heavy atom. The number of carbonyl (C=O) groups excluding carboxylic acids is 1. The Morgan fingerprint density at radius 1 is 1.33 bits per heavy atom. The van der Waals surface area contributed by atoms with Gasteiger partial charge < -0.3 is 11.5 Å². The molecule has 2 amide bonds. The van der Waals surface area contributed by atoms with E-state index in [-0.39, 0.29) is 43.6 Å². The van der Waals surface area contributed by atoms with Crippen LogP contribution in [0, 0.1) is 0 Å². The third-order valence-corrected chi connectivity index (χ3v) is 0. The minimum atomic E-state index is -0.833. The second kappa shape index (κ2) is 9.19. The first kappa shape index (κ1) is 15.9. The number of nitrogens with two attached hydrogens (primary N) is 2. The van der Waals surface area contributed by atoms with Gasteiger partial charge in [0.15, 0.2) is 0 Å². The maximum absolute atomic E-state index is 9.00. The zero-order chi connectivity index (χ0) is 3.58. The third-order valence-electron chi connectivity index (χ3n) is 0. The monoisotopic (exact) mass is 177 g/mol. The van der Waals surface area contributed by atoms with E-state index >= 15 is 0 Å². The molecule has 0 bridgehead atoms. The van der Waals surface area contributed by atoms with Crippen molar-refractivity contribution in [2.24, 2.45) is 11.5 Å². The smallest absolute Gasteiger partial charge is 0.352 e. The molecular weight excluding hydrogens is 174 g/mol. The molecular formula is CH4AlN2OZr+5. The van der Waals surface area contributed by atoms with Gasteiger partial charge in [0.2, 0.25) is 0 Å². The summed E-state index contributed by atoms with van der Waals surface area (Å²) in [6.45, 7) is 0. The van der Waals surface area contributed by atoms with Crippen LogP contribution in [0.4, 0.5) is 4.79 Å². The van der Waals surface area contributed by atoms with Gasteiger partial charge in [0.1, 0.15) is 0 Å². The van der Waals surface area contributed by atoms with Crippen molar-refractivity contribution in [3.05, 3.63) is 0 Å². The van der Waals surface area contributed by atoms with E-state index in [0.717, 1.165) is 0 Å². The van der Waals surface area contributed by atoms with E-state index in [2.05, 4.69) is 11.5 Å². The van der Waals surface area contributed by atoms with Crippen LogP contribution in [0.5, 0.6) is 0 Å². The van der Waals surface area contributed by atoms with Crippen molar-refractivity contribution in [1.29, 1.82) is 0 Å². The second-order valence-electron chi connectivity index (χ2n) is 0.402. The Labute approximate surface area is 65.7 Å². The van der Waals surface area contributed by atoms with Gasteiger partial charge in [0.25, 0.3) is 0 Å². The minimum Gasteiger partial charge on any atom is -0.352 e. The molecule has 0 atom stereocenters. The molecule has 0 aromatic rings. The van der Waals surface area contributed by atoms with Crippen molar-refractivity contribution in [1.82, 2.24) is 0 Å². The molecule has 0 heterocycles. The summed E-state index contributed by atoms with van der Waals surface area (Å²) in [5, 5.41) is 0. The quantitative estimate of drug-likeness (QED) is 0.442. The van der Waals surface area contributed by atoms with Crippen LogP contribution in [0.25, 0.3) is 0 Å². The maximum atomic E-state index is 9.00. The number of carbonyl (C=O) groups is 1. The molecule has 6 heavy (non-hydrogen) atoms. The van der Waals surface area contributed by atoms with E-state index in [0.29, 0.717) is 0 Å². The first-order valence-corrected chi connectivity index (χ1v) is 0.781. The topological polar surface area (TPSA) is 69.1 Å². The van der Waals surface area contributed by atoms with E-state index in [1.165, 1.54) is 0 Å². The van der Waals surface area contributed by atoms with Gasteiger partial charge in [0, 0.05) is 0 Å². The maximum Gasteiger partial charge on any atom is 3.00 e. The van der Waals surface area contributed by atoms with Gasteiger partial charge >= 0.3 is 49.6 Å². The predicted octanol–water partition coefficient (Wildman–Crippen LogP) is -1.36. The first-order valence-electron chi connectivity index (χ1n) is 0.781. The Kier molecular flexibility index (Phi) is 24.4. The summed E-state index contributed by atoms with van der Waals surface area (Å²) in [5.74, 6) is 0. The van der Waals surface area contributed by atoms with Crippen molar-refractivity contribution < 1.29 is 31.0 Å². The first-order chi connectivity index (χ1) is 1.73. The number of amides is 2. The van der Waals surface area contributed by atoms with Crippen molar-refractivity contribution in [3.63, 3.8) is 0 Å². The van der Waals surface area contributed by atoms with E-state index in [1.807, 2.05) is 0 Å². The molecule has 4 N–H and O–H groups in total. The van der Waals surface area contributed by atoms with Gasteiger partial charge in [-0.2, -0.15) is 0 Å². The molecule has 0 aliphatic heterocycles. The number of urea groups is 1. The Balaban J connectivity index is -0.0000000450. The minimum absolute atomic E-state index is 0. The molecule has 0 fully saturated rings. The van der Waals surface area contributed by atoms with Crippen molar-refractivity contribution >= 4 is 23.4 Å². The molecule has 5 heteroatoms. The number of primary amides is 2. The predicted molar refractivity (Wildman–Crippen MR) is 19.5 cm³/mol. The molecule has 0 aliphatic carbocycles. The molecule has 0 aliphatic rings. The molecule has 0 aromatic heterocycles. The number of hydrogen-bond acceptors (Lipinski definition) is 1. The third kappa shape index (κ3) is 135. The van der Waals surface area contributed by atoms with Crippen LogP contribution < -0.4 is 11.5 Å². The van der Waals surface area contributed by atoms with Gasteiger partial charge in [-0.05, 0) is 0 Å². The second-order valence-corrected chi connectivity index (χ2v) is 0.402. The number of rotatable bonds is 0. The molecule has 0 radical (unpaired) electrons. The van der Waals surface area contributed by atoms with E-state index in [1.54, 1.807) is 0 Å². The van der Waals surface area contributed by atoms with Gasteiger partial charge in [0.05, 0.1) is 0 Å². The standard InChI is InChI=1S/CH4N2O.Al.Zr/c2-1(3)4;;/h(H4,2,3,4);;/q;+3;+2. The summed E-state index contributed by atoms with van der Waals surface area (Å²) in [4.78, 5) is 9.00. The van der Waals surface area contributed by atoms with E-state index < -0.39 is 6.03 Å². The van der Waals surface area contributed by atoms with Crippen LogP contribution >= 0.6 is 0 Å². The largest absolute Gasteiger partial charge is 3.00 e. The fraction of sp³-hybridized carbons (Fsp3) is 0. The van der Waals surface area contributed by atoms with Gasteiger partial charge in [-0.3, -0.25) is 0 Å². The van der Waals surface area contributed by atoms with Gasteiger partial charge in [-0.1, -0.05) is 0 Å². The van der Waals surface area contributed by atoms with Crippen LogP contribution in [0.2, 0.25) is 0 Å². The summed E-state index contributed by atoms with van der Waals surface area (Å²) >= 11 is 0. The van der Waals surface area contributed by atoms with Crippen LogP contribution in [-0.2, 0) is 26.2 Å². The molecule has 0 rings (SSSR count). The Hall–Kier alpha value is 0.686. The summed E-state index contributed by atoms with van der Waals surface area (Å²) in [7, 11) is 0. The van der Waals surface area contributed by atoms with Crippen LogP contribution in [-0.4, -0.2) is 23.4 Å². The van der Waals surface area contributed by atoms with Crippen molar-refractivity contribution in [2.45, 2.75) is 0 Å². The molecule has 0 saturated heterocycles. The average Bonchev–Trinajstić information content (AvgIpc) is 0.811. The summed E-state index contributed by atoms with van der Waals surface area (Å²) in [6.07, 6.45) is 0. The molecule has 0 unspecified atom stereocenters. The van der Waals surface area contributed by atoms with E-state index in [4.69, 9.17) is 4.79 Å². The van der Waals surface area contributed by atoms with Crippen molar-refractivity contribution in [2.75, 3.05) is 0 Å². The molecule has 3 nitrogen and oxygen atoms in total. The summed E-state index contributed by atoms with van der Waals surface area (Å²) in [6, 6.07) is -0.833. The van der Waals surface area contributed by atoms with Crippen molar-refractivity contribution in [3.8, 4) is 0 Å². The van der Waals surface area contributed by atoms with Gasteiger partial charge in [-0.25, -0.2) is 4.79 Å². The fourth-order valence-electron chi connectivity index (χ4n) is 0.